The van der Waals surface area contributed by atoms with Gasteiger partial charge in [0, 0.05) is 25.2 Å². The summed E-state index contributed by atoms with van der Waals surface area (Å²) >= 11 is 0. The molecule has 5 rings (SSSR count). The fourth-order valence-corrected chi connectivity index (χ4v) is 7.46. The number of carbonyl (C=O) groups excluding carboxylic acids is 2. The summed E-state index contributed by atoms with van der Waals surface area (Å²) in [4.78, 5) is 24.0. The van der Waals surface area contributed by atoms with E-state index in [-0.39, 0.29) is 60.2 Å². The molecular weight excluding hydrogens is 400 g/mol. The van der Waals surface area contributed by atoms with Crippen LogP contribution in [0.4, 0.5) is 0 Å². The van der Waals surface area contributed by atoms with Gasteiger partial charge >= 0.3 is 11.9 Å². The minimum atomic E-state index is -0.568. The van der Waals surface area contributed by atoms with E-state index in [2.05, 4.69) is 19.9 Å². The first-order chi connectivity index (χ1) is 14.7. The molecule has 0 unspecified atom stereocenters. The Balaban J connectivity index is 1.58. The highest BCUT2D eigenvalue weighted by Gasteiger charge is 2.76. The summed E-state index contributed by atoms with van der Waals surface area (Å²) in [7, 11) is 0. The molecule has 0 radical (unpaired) electrons. The van der Waals surface area contributed by atoms with E-state index in [1.165, 1.54) is 13.8 Å². The maximum atomic E-state index is 12.1. The smallest absolute Gasteiger partial charge is 0.302 e. The van der Waals surface area contributed by atoms with Crippen molar-refractivity contribution in [3.63, 3.8) is 0 Å². The average molecular weight is 435 g/mol. The number of ether oxygens (including phenoxy) is 5. The van der Waals surface area contributed by atoms with Crippen molar-refractivity contribution in [3.05, 3.63) is 12.3 Å². The number of hydrogen-bond acceptors (Lipinski definition) is 7. The topological polar surface area (TPSA) is 83.6 Å². The SMILES string of the molecule is CC(=O)OC[C@]12[C@H](OC(C)=O)C[C@H](C)[C@@](C)([C@H]3C[C@@H]4C=CO[C@@H]4O3)[C@@H]1CCC[C@@]21CO1. The second-order valence-electron chi connectivity index (χ2n) is 10.5. The van der Waals surface area contributed by atoms with Gasteiger partial charge in [0.15, 0.2) is 0 Å². The van der Waals surface area contributed by atoms with Gasteiger partial charge in [-0.25, -0.2) is 0 Å². The molecular formula is C24H34O7. The van der Waals surface area contributed by atoms with Gasteiger partial charge in [-0.3, -0.25) is 9.59 Å². The Kier molecular flexibility index (Phi) is 4.94. The highest BCUT2D eigenvalue weighted by atomic mass is 16.7. The van der Waals surface area contributed by atoms with E-state index >= 15 is 0 Å². The fourth-order valence-electron chi connectivity index (χ4n) is 7.46. The predicted molar refractivity (Wildman–Crippen MR) is 110 cm³/mol. The first kappa shape index (κ1) is 21.3. The van der Waals surface area contributed by atoms with E-state index in [1.807, 2.05) is 0 Å². The minimum absolute atomic E-state index is 0.0244. The quantitative estimate of drug-likeness (QED) is 0.496. The highest BCUT2D eigenvalue weighted by molar-refractivity contribution is 5.67. The molecule has 1 spiro atoms. The number of carbonyl (C=O) groups is 2. The number of esters is 2. The van der Waals surface area contributed by atoms with Crippen LogP contribution in [-0.4, -0.2) is 49.3 Å². The molecule has 9 atom stereocenters. The number of hydrogen-bond donors (Lipinski definition) is 0. The third-order valence-electron chi connectivity index (χ3n) is 9.18. The van der Waals surface area contributed by atoms with Crippen molar-refractivity contribution < 1.29 is 33.3 Å². The summed E-state index contributed by atoms with van der Waals surface area (Å²) in [5, 5.41) is 0. The van der Waals surface area contributed by atoms with Crippen LogP contribution in [0.2, 0.25) is 0 Å². The van der Waals surface area contributed by atoms with Gasteiger partial charge in [0.2, 0.25) is 6.29 Å². The maximum Gasteiger partial charge on any atom is 0.302 e. The van der Waals surface area contributed by atoms with Gasteiger partial charge in [0.25, 0.3) is 0 Å². The Morgan fingerprint density at radius 2 is 1.97 bits per heavy atom. The fraction of sp³-hybridized carbons (Fsp3) is 0.833. The number of fused-ring (bicyclic) bond motifs is 3. The standard InChI is InChI=1S/C24H34O7/c1-14-10-20(30-16(3)26)24(13-28-15(2)25)18(6-5-8-23(24)12-29-23)22(14,4)19-11-17-7-9-27-21(17)31-19/h7,9,14,17-21H,5-6,8,10-13H2,1-4H3/t14-,17-,18-,19+,20+,21+,22+,23+,24+/m0/s1. The van der Waals surface area contributed by atoms with Crippen LogP contribution in [0, 0.1) is 28.6 Å². The number of epoxide rings is 1. The Morgan fingerprint density at radius 3 is 2.61 bits per heavy atom. The normalized spacial score (nSPS) is 49.8. The van der Waals surface area contributed by atoms with Crippen molar-refractivity contribution in [2.45, 2.75) is 83.9 Å². The van der Waals surface area contributed by atoms with Gasteiger partial charge in [0.1, 0.15) is 18.3 Å². The van der Waals surface area contributed by atoms with Gasteiger partial charge < -0.3 is 23.7 Å². The lowest BCUT2D eigenvalue weighted by atomic mass is 9.42. The summed E-state index contributed by atoms with van der Waals surface area (Å²) in [6.45, 7) is 8.30. The third kappa shape index (κ3) is 2.99. The molecule has 0 aromatic rings. The van der Waals surface area contributed by atoms with Gasteiger partial charge in [0.05, 0.1) is 24.4 Å². The monoisotopic (exact) mass is 434 g/mol. The summed E-state index contributed by atoms with van der Waals surface area (Å²) in [5.74, 6) is 0.0539. The lowest BCUT2D eigenvalue weighted by Crippen LogP contribution is -2.69. The summed E-state index contributed by atoms with van der Waals surface area (Å²) in [6.07, 6.45) is 7.82. The van der Waals surface area contributed by atoms with Crippen LogP contribution in [0.5, 0.6) is 0 Å². The van der Waals surface area contributed by atoms with Crippen LogP contribution in [0.15, 0.2) is 12.3 Å². The van der Waals surface area contributed by atoms with Gasteiger partial charge in [-0.05, 0) is 43.6 Å². The molecule has 2 aliphatic carbocycles. The van der Waals surface area contributed by atoms with Crippen molar-refractivity contribution in [1.82, 2.24) is 0 Å². The lowest BCUT2D eigenvalue weighted by Gasteiger charge is -2.64. The minimum Gasteiger partial charge on any atom is -0.472 e. The molecule has 5 aliphatic rings. The van der Waals surface area contributed by atoms with Crippen LogP contribution in [0.25, 0.3) is 0 Å². The molecule has 3 aliphatic heterocycles. The molecule has 31 heavy (non-hydrogen) atoms. The zero-order valence-corrected chi connectivity index (χ0v) is 18.9. The Labute approximate surface area is 183 Å². The molecule has 0 amide bonds. The van der Waals surface area contributed by atoms with E-state index in [0.29, 0.717) is 13.0 Å². The maximum absolute atomic E-state index is 12.1. The van der Waals surface area contributed by atoms with Crippen LogP contribution in [-0.2, 0) is 33.3 Å². The van der Waals surface area contributed by atoms with Crippen molar-refractivity contribution in [3.8, 4) is 0 Å². The summed E-state index contributed by atoms with van der Waals surface area (Å²) in [5.41, 5.74) is -1.16. The van der Waals surface area contributed by atoms with Crippen LogP contribution >= 0.6 is 0 Å². The summed E-state index contributed by atoms with van der Waals surface area (Å²) < 4.78 is 30.0. The van der Waals surface area contributed by atoms with E-state index < -0.39 is 11.0 Å². The molecule has 0 bridgehead atoms. The Bertz CT molecular complexity index is 789. The molecule has 0 aromatic carbocycles. The average Bonchev–Trinajstić information content (AvgIpc) is 3.15. The first-order valence-electron chi connectivity index (χ1n) is 11.6. The van der Waals surface area contributed by atoms with Crippen LogP contribution in [0.3, 0.4) is 0 Å². The number of rotatable bonds is 4. The largest absolute Gasteiger partial charge is 0.472 e. The first-order valence-corrected chi connectivity index (χ1v) is 11.6. The second kappa shape index (κ2) is 7.20. The van der Waals surface area contributed by atoms with E-state index in [0.717, 1.165) is 25.7 Å². The van der Waals surface area contributed by atoms with Crippen molar-refractivity contribution in [2.24, 2.45) is 28.6 Å². The summed E-state index contributed by atoms with van der Waals surface area (Å²) in [6, 6.07) is 0. The molecule has 7 nitrogen and oxygen atoms in total. The molecule has 7 heteroatoms. The van der Waals surface area contributed by atoms with Crippen LogP contribution in [0.1, 0.15) is 59.8 Å². The van der Waals surface area contributed by atoms with Crippen molar-refractivity contribution in [2.75, 3.05) is 13.2 Å². The Morgan fingerprint density at radius 1 is 1.19 bits per heavy atom. The molecule has 0 aromatic heterocycles. The van der Waals surface area contributed by atoms with Gasteiger partial charge in [-0.15, -0.1) is 0 Å². The van der Waals surface area contributed by atoms with E-state index in [4.69, 9.17) is 23.7 Å². The third-order valence-corrected chi connectivity index (χ3v) is 9.18. The van der Waals surface area contributed by atoms with E-state index in [9.17, 15) is 9.59 Å². The molecule has 2 saturated heterocycles. The highest BCUT2D eigenvalue weighted by Crippen LogP contribution is 2.70. The van der Waals surface area contributed by atoms with Crippen molar-refractivity contribution >= 4 is 11.9 Å². The zero-order chi connectivity index (χ0) is 22.0. The van der Waals surface area contributed by atoms with Gasteiger partial charge in [-0.2, -0.15) is 0 Å². The molecule has 2 saturated carbocycles. The predicted octanol–water partition coefficient (Wildman–Crippen LogP) is 3.36. The lowest BCUT2D eigenvalue weighted by molar-refractivity contribution is -0.253. The van der Waals surface area contributed by atoms with E-state index in [1.54, 1.807) is 6.26 Å². The second-order valence-corrected chi connectivity index (χ2v) is 10.5. The molecule has 4 fully saturated rings. The molecule has 3 heterocycles. The molecule has 0 N–H and O–H groups in total. The van der Waals surface area contributed by atoms with Gasteiger partial charge in [-0.1, -0.05) is 20.3 Å². The zero-order valence-electron chi connectivity index (χ0n) is 18.9. The van der Waals surface area contributed by atoms with Crippen molar-refractivity contribution in [1.29, 1.82) is 0 Å². The Hall–Kier alpha value is -1.60. The van der Waals surface area contributed by atoms with Crippen LogP contribution < -0.4 is 0 Å². The molecule has 172 valence electrons.